The van der Waals surface area contributed by atoms with E-state index in [1.165, 1.54) is 24.3 Å². The fourth-order valence-electron chi connectivity index (χ4n) is 1.99. The van der Waals surface area contributed by atoms with Crippen LogP contribution in [0, 0.1) is 10.1 Å². The van der Waals surface area contributed by atoms with Crippen LogP contribution in [-0.2, 0) is 0 Å². The van der Waals surface area contributed by atoms with E-state index in [0.717, 1.165) is 6.42 Å². The van der Waals surface area contributed by atoms with Gasteiger partial charge in [0.25, 0.3) is 11.6 Å². The van der Waals surface area contributed by atoms with E-state index in [9.17, 15) is 14.9 Å². The van der Waals surface area contributed by atoms with Gasteiger partial charge in [-0.1, -0.05) is 19.1 Å². The summed E-state index contributed by atoms with van der Waals surface area (Å²) < 4.78 is 5.55. The van der Waals surface area contributed by atoms with Gasteiger partial charge in [-0.2, -0.15) is 0 Å². The number of para-hydroxylation sites is 1. The number of anilines is 1. The lowest BCUT2D eigenvalue weighted by Crippen LogP contribution is -2.34. The SMILES string of the molecule is CCCOc1ccccc1C(=O)NC(=S)Nc1ccc([N+](=O)[O-])cc1. The lowest BCUT2D eigenvalue weighted by atomic mass is 10.2. The Morgan fingerprint density at radius 1 is 1.20 bits per heavy atom. The van der Waals surface area contributed by atoms with Crippen LogP contribution in [0.1, 0.15) is 23.7 Å². The third-order valence-corrected chi connectivity index (χ3v) is 3.36. The fourth-order valence-corrected chi connectivity index (χ4v) is 2.20. The zero-order valence-corrected chi connectivity index (χ0v) is 14.3. The smallest absolute Gasteiger partial charge is 0.269 e. The van der Waals surface area contributed by atoms with E-state index in [2.05, 4.69) is 10.6 Å². The maximum atomic E-state index is 12.4. The Bertz CT molecular complexity index is 778. The molecule has 2 rings (SSSR count). The number of nitro groups is 1. The number of carbonyl (C=O) groups is 1. The molecule has 0 heterocycles. The van der Waals surface area contributed by atoms with Crippen LogP contribution in [0.25, 0.3) is 0 Å². The number of thiocarbonyl (C=S) groups is 1. The average Bonchev–Trinajstić information content (AvgIpc) is 2.60. The van der Waals surface area contributed by atoms with Crippen LogP contribution in [0.5, 0.6) is 5.75 Å². The van der Waals surface area contributed by atoms with Crippen molar-refractivity contribution in [3.05, 3.63) is 64.2 Å². The topological polar surface area (TPSA) is 93.5 Å². The molecule has 0 aliphatic carbocycles. The van der Waals surface area contributed by atoms with Gasteiger partial charge in [0.1, 0.15) is 5.75 Å². The first-order chi connectivity index (χ1) is 12.0. The Kier molecular flexibility index (Phi) is 6.41. The summed E-state index contributed by atoms with van der Waals surface area (Å²) >= 11 is 5.11. The molecule has 7 nitrogen and oxygen atoms in total. The monoisotopic (exact) mass is 359 g/mol. The molecule has 0 saturated heterocycles. The summed E-state index contributed by atoms with van der Waals surface area (Å²) in [6.45, 7) is 2.49. The normalized spacial score (nSPS) is 9.96. The number of hydrogen-bond donors (Lipinski definition) is 2. The number of non-ortho nitro benzene ring substituents is 1. The second-order valence-corrected chi connectivity index (χ2v) is 5.47. The summed E-state index contributed by atoms with van der Waals surface area (Å²) in [5.41, 5.74) is 0.887. The summed E-state index contributed by atoms with van der Waals surface area (Å²) in [5.74, 6) is 0.0890. The number of nitrogens with one attached hydrogen (secondary N) is 2. The minimum atomic E-state index is -0.489. The van der Waals surface area contributed by atoms with Crippen LogP contribution < -0.4 is 15.4 Å². The molecule has 0 spiro atoms. The number of ether oxygens (including phenoxy) is 1. The van der Waals surface area contributed by atoms with Gasteiger partial charge in [0.05, 0.1) is 17.1 Å². The molecule has 1 amide bonds. The van der Waals surface area contributed by atoms with Crippen molar-refractivity contribution < 1.29 is 14.5 Å². The average molecular weight is 359 g/mol. The number of nitro benzene ring substituents is 1. The van der Waals surface area contributed by atoms with Crippen LogP contribution >= 0.6 is 12.2 Å². The highest BCUT2D eigenvalue weighted by molar-refractivity contribution is 7.80. The molecule has 25 heavy (non-hydrogen) atoms. The molecule has 0 aromatic heterocycles. The van der Waals surface area contributed by atoms with Gasteiger partial charge in [-0.05, 0) is 42.9 Å². The zero-order valence-electron chi connectivity index (χ0n) is 13.5. The molecule has 0 bridgehead atoms. The lowest BCUT2D eigenvalue weighted by Gasteiger charge is -2.12. The highest BCUT2D eigenvalue weighted by Gasteiger charge is 2.13. The number of amides is 1. The van der Waals surface area contributed by atoms with Crippen molar-refractivity contribution in [3.8, 4) is 5.75 Å². The largest absolute Gasteiger partial charge is 0.493 e. The Hall–Kier alpha value is -3.00. The second-order valence-electron chi connectivity index (χ2n) is 5.06. The predicted molar refractivity (Wildman–Crippen MR) is 99.0 cm³/mol. The minimum absolute atomic E-state index is 0.0255. The van der Waals surface area contributed by atoms with E-state index in [0.29, 0.717) is 23.6 Å². The highest BCUT2D eigenvalue weighted by Crippen LogP contribution is 2.18. The Labute approximate surface area is 150 Å². The van der Waals surface area contributed by atoms with Crippen molar-refractivity contribution >= 4 is 34.6 Å². The van der Waals surface area contributed by atoms with Gasteiger partial charge in [0.2, 0.25) is 0 Å². The van der Waals surface area contributed by atoms with Crippen molar-refractivity contribution in [2.24, 2.45) is 0 Å². The van der Waals surface area contributed by atoms with Crippen LogP contribution in [0.4, 0.5) is 11.4 Å². The minimum Gasteiger partial charge on any atom is -0.493 e. The molecule has 0 atom stereocenters. The van der Waals surface area contributed by atoms with E-state index in [1.54, 1.807) is 24.3 Å². The van der Waals surface area contributed by atoms with E-state index >= 15 is 0 Å². The number of nitrogens with zero attached hydrogens (tertiary/aromatic N) is 1. The lowest BCUT2D eigenvalue weighted by molar-refractivity contribution is -0.384. The molecule has 0 aliphatic heterocycles. The van der Waals surface area contributed by atoms with Crippen LogP contribution in [0.2, 0.25) is 0 Å². The Balaban J connectivity index is 2.00. The first kappa shape index (κ1) is 18.3. The first-order valence-corrected chi connectivity index (χ1v) is 8.00. The molecule has 0 unspecified atom stereocenters. The Morgan fingerprint density at radius 2 is 1.88 bits per heavy atom. The van der Waals surface area contributed by atoms with Gasteiger partial charge >= 0.3 is 0 Å². The molecule has 0 radical (unpaired) electrons. The molecule has 130 valence electrons. The summed E-state index contributed by atoms with van der Waals surface area (Å²) in [5, 5.41) is 16.1. The van der Waals surface area contributed by atoms with Crippen molar-refractivity contribution in [2.75, 3.05) is 11.9 Å². The van der Waals surface area contributed by atoms with Gasteiger partial charge in [0.15, 0.2) is 5.11 Å². The molecule has 0 aliphatic rings. The van der Waals surface area contributed by atoms with Crippen molar-refractivity contribution in [1.29, 1.82) is 0 Å². The molecule has 0 saturated carbocycles. The highest BCUT2D eigenvalue weighted by atomic mass is 32.1. The van der Waals surface area contributed by atoms with Crippen molar-refractivity contribution in [2.45, 2.75) is 13.3 Å². The Morgan fingerprint density at radius 3 is 2.52 bits per heavy atom. The molecule has 2 aromatic rings. The van der Waals surface area contributed by atoms with Gasteiger partial charge in [-0.3, -0.25) is 20.2 Å². The van der Waals surface area contributed by atoms with Crippen LogP contribution in [0.15, 0.2) is 48.5 Å². The van der Waals surface area contributed by atoms with Gasteiger partial charge in [-0.25, -0.2) is 0 Å². The van der Waals surface area contributed by atoms with Crippen LogP contribution in [0.3, 0.4) is 0 Å². The summed E-state index contributed by atoms with van der Waals surface area (Å²) in [4.78, 5) is 22.5. The third-order valence-electron chi connectivity index (χ3n) is 3.16. The van der Waals surface area contributed by atoms with Gasteiger partial charge < -0.3 is 10.1 Å². The zero-order chi connectivity index (χ0) is 18.2. The molecule has 2 N–H and O–H groups in total. The van der Waals surface area contributed by atoms with E-state index in [4.69, 9.17) is 17.0 Å². The van der Waals surface area contributed by atoms with Crippen LogP contribution in [-0.4, -0.2) is 22.5 Å². The molecule has 2 aromatic carbocycles. The number of hydrogen-bond acceptors (Lipinski definition) is 5. The number of carbonyl (C=O) groups excluding carboxylic acids is 1. The van der Waals surface area contributed by atoms with E-state index in [1.807, 2.05) is 6.92 Å². The quantitative estimate of drug-likeness (QED) is 0.466. The molecule has 8 heteroatoms. The summed E-state index contributed by atoms with van der Waals surface area (Å²) in [7, 11) is 0. The fraction of sp³-hybridized carbons (Fsp3) is 0.176. The second kappa shape index (κ2) is 8.74. The van der Waals surface area contributed by atoms with Crippen molar-refractivity contribution in [3.63, 3.8) is 0 Å². The third kappa shape index (κ3) is 5.25. The predicted octanol–water partition coefficient (Wildman–Crippen LogP) is 3.51. The van der Waals surface area contributed by atoms with Gasteiger partial charge in [0, 0.05) is 17.8 Å². The van der Waals surface area contributed by atoms with E-state index in [-0.39, 0.29) is 10.8 Å². The first-order valence-electron chi connectivity index (χ1n) is 7.60. The summed E-state index contributed by atoms with van der Waals surface area (Å²) in [6, 6.07) is 12.6. The maximum Gasteiger partial charge on any atom is 0.269 e. The molecular formula is C17H17N3O4S. The number of rotatable bonds is 6. The molecular weight excluding hydrogens is 342 g/mol. The van der Waals surface area contributed by atoms with Gasteiger partial charge in [-0.15, -0.1) is 0 Å². The summed E-state index contributed by atoms with van der Waals surface area (Å²) in [6.07, 6.45) is 0.829. The molecule has 0 fully saturated rings. The number of benzene rings is 2. The van der Waals surface area contributed by atoms with E-state index < -0.39 is 10.8 Å². The van der Waals surface area contributed by atoms with Crippen molar-refractivity contribution in [1.82, 2.24) is 5.32 Å². The standard InChI is InChI=1S/C17H17N3O4S/c1-2-11-24-15-6-4-3-5-14(15)16(21)19-17(25)18-12-7-9-13(10-8-12)20(22)23/h3-10H,2,11H2,1H3,(H2,18,19,21,25). The maximum absolute atomic E-state index is 12.4.